The van der Waals surface area contributed by atoms with Crippen LogP contribution in [0.1, 0.15) is 59.8 Å². The number of piperazine rings is 1. The lowest BCUT2D eigenvalue weighted by Crippen LogP contribution is -2.54. The molecule has 0 radical (unpaired) electrons. The second-order valence-corrected chi connectivity index (χ2v) is 11.1. The Hall–Kier alpha value is -1.56. The van der Waals surface area contributed by atoms with Crippen molar-refractivity contribution in [1.82, 2.24) is 20.0 Å². The zero-order valence-corrected chi connectivity index (χ0v) is 20.0. The van der Waals surface area contributed by atoms with Gasteiger partial charge < -0.3 is 15.1 Å². The van der Waals surface area contributed by atoms with Crippen LogP contribution in [-0.4, -0.2) is 78.5 Å². The Morgan fingerprint density at radius 1 is 1.19 bits per heavy atom. The van der Waals surface area contributed by atoms with Crippen molar-refractivity contribution in [3.63, 3.8) is 0 Å². The lowest BCUT2D eigenvalue weighted by molar-refractivity contribution is -0.139. The molecule has 2 atom stereocenters. The third-order valence-corrected chi connectivity index (χ3v) is 8.48. The molecule has 0 spiro atoms. The lowest BCUT2D eigenvalue weighted by atomic mass is 9.49. The van der Waals surface area contributed by atoms with Gasteiger partial charge in [0, 0.05) is 57.8 Å². The second-order valence-electron chi connectivity index (χ2n) is 11.1. The van der Waals surface area contributed by atoms with Gasteiger partial charge in [-0.05, 0) is 56.8 Å². The Balaban J connectivity index is 1.30. The van der Waals surface area contributed by atoms with E-state index in [0.717, 1.165) is 71.0 Å². The number of urea groups is 1. The third kappa shape index (κ3) is 4.79. The topological polar surface area (TPSA) is 55.9 Å². The maximum atomic E-state index is 13.0. The van der Waals surface area contributed by atoms with Crippen molar-refractivity contribution in [1.29, 1.82) is 0 Å². The zero-order chi connectivity index (χ0) is 22.2. The van der Waals surface area contributed by atoms with E-state index in [1.807, 2.05) is 18.7 Å². The fourth-order valence-corrected chi connectivity index (χ4v) is 5.83. The first-order valence-corrected chi connectivity index (χ1v) is 12.5. The largest absolute Gasteiger partial charge is 0.340 e. The number of allylic oxidation sites excluding steroid dienone is 1. The van der Waals surface area contributed by atoms with Gasteiger partial charge in [0.15, 0.2) is 0 Å². The molecule has 2 saturated carbocycles. The van der Waals surface area contributed by atoms with Crippen LogP contribution in [0.25, 0.3) is 0 Å². The molecule has 3 amide bonds. The summed E-state index contributed by atoms with van der Waals surface area (Å²) < 4.78 is 0. The molecule has 6 heteroatoms. The molecule has 174 valence electrons. The van der Waals surface area contributed by atoms with E-state index in [9.17, 15) is 9.59 Å². The molecule has 3 fully saturated rings. The molecule has 6 nitrogen and oxygen atoms in total. The molecular weight excluding hydrogens is 388 g/mol. The highest BCUT2D eigenvalue weighted by Crippen LogP contribution is 2.59. The minimum atomic E-state index is 0.0500. The number of hydrogen-bond donors (Lipinski definition) is 1. The molecule has 5 rings (SSSR count). The van der Waals surface area contributed by atoms with Gasteiger partial charge in [0.05, 0.1) is 0 Å². The highest BCUT2D eigenvalue weighted by atomic mass is 16.2. The van der Waals surface area contributed by atoms with Gasteiger partial charge in [0.25, 0.3) is 0 Å². The summed E-state index contributed by atoms with van der Waals surface area (Å²) in [5.74, 6) is 2.11. The quantitative estimate of drug-likeness (QED) is 0.630. The first kappa shape index (κ1) is 22.6. The maximum absolute atomic E-state index is 13.0. The molecule has 0 aromatic rings. The van der Waals surface area contributed by atoms with Crippen LogP contribution in [0.3, 0.4) is 0 Å². The zero-order valence-electron chi connectivity index (χ0n) is 20.0. The van der Waals surface area contributed by atoms with Crippen LogP contribution in [0, 0.1) is 23.2 Å². The van der Waals surface area contributed by atoms with E-state index in [0.29, 0.717) is 23.2 Å². The first-order valence-electron chi connectivity index (χ1n) is 12.5. The first-order chi connectivity index (χ1) is 14.8. The molecule has 2 bridgehead atoms. The summed E-state index contributed by atoms with van der Waals surface area (Å²) in [5.41, 5.74) is 1.84. The van der Waals surface area contributed by atoms with Crippen LogP contribution in [0.5, 0.6) is 0 Å². The fraction of sp³-hybridized carbons (Fsp3) is 0.840. The Kier molecular flexibility index (Phi) is 6.66. The number of carbonyl (C=O) groups is 2. The molecule has 31 heavy (non-hydrogen) atoms. The van der Waals surface area contributed by atoms with E-state index in [2.05, 4.69) is 35.0 Å². The highest BCUT2D eigenvalue weighted by Gasteiger charge is 2.51. The summed E-state index contributed by atoms with van der Waals surface area (Å²) >= 11 is 0. The number of rotatable bonds is 7. The summed E-state index contributed by atoms with van der Waals surface area (Å²) in [5, 5.41) is 3.10. The van der Waals surface area contributed by atoms with Gasteiger partial charge in [-0.15, -0.1) is 0 Å². The monoisotopic (exact) mass is 430 g/mol. The average Bonchev–Trinajstić information content (AvgIpc) is 2.69. The summed E-state index contributed by atoms with van der Waals surface area (Å²) in [7, 11) is 0. The SMILES string of the molecule is CC(C)NC(=O)N(CCN1CCN(C(=O)C2CCC2)CC1)CC1=CCC2CC1C2(C)C. The van der Waals surface area contributed by atoms with E-state index in [4.69, 9.17) is 0 Å². The van der Waals surface area contributed by atoms with Crippen molar-refractivity contribution < 1.29 is 9.59 Å². The summed E-state index contributed by atoms with van der Waals surface area (Å²) in [6.07, 6.45) is 8.22. The number of hydrogen-bond acceptors (Lipinski definition) is 3. The van der Waals surface area contributed by atoms with Crippen LogP contribution in [0.4, 0.5) is 4.79 Å². The van der Waals surface area contributed by atoms with Gasteiger partial charge in [0.2, 0.25) is 5.91 Å². The fourth-order valence-electron chi connectivity index (χ4n) is 5.83. The molecule has 1 saturated heterocycles. The van der Waals surface area contributed by atoms with Crippen LogP contribution in [0.2, 0.25) is 0 Å². The summed E-state index contributed by atoms with van der Waals surface area (Å²) in [6, 6.07) is 0.190. The number of nitrogens with zero attached hydrogens (tertiary/aromatic N) is 3. The Morgan fingerprint density at radius 3 is 2.45 bits per heavy atom. The average molecular weight is 431 g/mol. The smallest absolute Gasteiger partial charge is 0.317 e. The van der Waals surface area contributed by atoms with Crippen LogP contribution < -0.4 is 5.32 Å². The number of nitrogens with one attached hydrogen (secondary N) is 1. The van der Waals surface area contributed by atoms with Crippen molar-refractivity contribution in [2.75, 3.05) is 45.8 Å². The molecule has 0 aromatic heterocycles. The van der Waals surface area contributed by atoms with Crippen molar-refractivity contribution in [2.45, 2.75) is 65.8 Å². The van der Waals surface area contributed by atoms with Crippen molar-refractivity contribution in [3.8, 4) is 0 Å². The minimum Gasteiger partial charge on any atom is -0.340 e. The third-order valence-electron chi connectivity index (χ3n) is 8.48. The second kappa shape index (κ2) is 9.13. The predicted molar refractivity (Wildman–Crippen MR) is 124 cm³/mol. The molecule has 1 heterocycles. The molecule has 2 unspecified atom stereocenters. The molecule has 1 aliphatic heterocycles. The van der Waals surface area contributed by atoms with Gasteiger partial charge in [-0.2, -0.15) is 0 Å². The number of carbonyl (C=O) groups excluding carboxylic acids is 2. The van der Waals surface area contributed by atoms with Gasteiger partial charge in [-0.25, -0.2) is 4.79 Å². The Bertz CT molecular complexity index is 704. The lowest BCUT2D eigenvalue weighted by Gasteiger charge is -2.57. The predicted octanol–water partition coefficient (Wildman–Crippen LogP) is 3.34. The van der Waals surface area contributed by atoms with E-state index in [1.165, 1.54) is 18.4 Å². The normalized spacial score (nSPS) is 27.9. The van der Waals surface area contributed by atoms with Gasteiger partial charge in [-0.3, -0.25) is 9.69 Å². The molecule has 5 aliphatic rings. The highest BCUT2D eigenvalue weighted by molar-refractivity contribution is 5.79. The van der Waals surface area contributed by atoms with Crippen LogP contribution in [-0.2, 0) is 4.79 Å². The van der Waals surface area contributed by atoms with Gasteiger partial charge in [-0.1, -0.05) is 31.9 Å². The van der Waals surface area contributed by atoms with E-state index in [-0.39, 0.29) is 12.1 Å². The Morgan fingerprint density at radius 2 is 1.90 bits per heavy atom. The summed E-state index contributed by atoms with van der Waals surface area (Å²) in [4.78, 5) is 31.9. The molecule has 1 N–H and O–H groups in total. The van der Waals surface area contributed by atoms with Gasteiger partial charge >= 0.3 is 6.03 Å². The van der Waals surface area contributed by atoms with Crippen LogP contribution in [0.15, 0.2) is 11.6 Å². The van der Waals surface area contributed by atoms with E-state index >= 15 is 0 Å². The van der Waals surface area contributed by atoms with Crippen molar-refractivity contribution >= 4 is 11.9 Å². The van der Waals surface area contributed by atoms with Crippen molar-refractivity contribution in [2.24, 2.45) is 23.2 Å². The maximum Gasteiger partial charge on any atom is 0.317 e. The van der Waals surface area contributed by atoms with Crippen molar-refractivity contribution in [3.05, 3.63) is 11.6 Å². The van der Waals surface area contributed by atoms with Gasteiger partial charge in [0.1, 0.15) is 0 Å². The molecule has 0 aromatic carbocycles. The van der Waals surface area contributed by atoms with Crippen LogP contribution >= 0.6 is 0 Å². The number of fused-ring (bicyclic) bond motifs is 1. The summed E-state index contributed by atoms with van der Waals surface area (Å²) in [6.45, 7) is 14.7. The van der Waals surface area contributed by atoms with E-state index in [1.54, 1.807) is 0 Å². The Labute approximate surface area is 188 Å². The molecular formula is C25H42N4O2. The van der Waals surface area contributed by atoms with E-state index < -0.39 is 0 Å². The standard InChI is InChI=1S/C25H42N4O2/c1-18(2)26-24(31)29(17-20-8-9-21-16-22(20)25(21,3)4)15-12-27-10-13-28(14-11-27)23(30)19-6-5-7-19/h8,18-19,21-22H,5-7,9-17H2,1-4H3,(H,26,31). The minimum absolute atomic E-state index is 0.0500. The molecule has 4 aliphatic carbocycles. The number of amides is 3.